The fourth-order valence-corrected chi connectivity index (χ4v) is 4.95. The van der Waals surface area contributed by atoms with E-state index in [0.717, 1.165) is 27.8 Å². The molecule has 164 valence electrons. The molecule has 1 unspecified atom stereocenters. The van der Waals surface area contributed by atoms with E-state index in [-0.39, 0.29) is 16.7 Å². The van der Waals surface area contributed by atoms with E-state index < -0.39 is 9.84 Å². The second-order valence-electron chi connectivity index (χ2n) is 7.73. The average Bonchev–Trinajstić information content (AvgIpc) is 3.17. The number of halogens is 2. The van der Waals surface area contributed by atoms with Crippen molar-refractivity contribution in [3.63, 3.8) is 0 Å². The quantitative estimate of drug-likeness (QED) is 0.485. The third-order valence-corrected chi connectivity index (χ3v) is 7.12. The molecular formula is C25H21Cl2NO3S. The van der Waals surface area contributed by atoms with Gasteiger partial charge in [-0.2, -0.15) is 0 Å². The van der Waals surface area contributed by atoms with Crippen molar-refractivity contribution in [2.24, 2.45) is 5.92 Å². The summed E-state index contributed by atoms with van der Waals surface area (Å²) < 4.78 is 23.9. The highest BCUT2D eigenvalue weighted by Crippen LogP contribution is 2.40. The van der Waals surface area contributed by atoms with E-state index in [1.54, 1.807) is 42.5 Å². The maximum atomic E-state index is 12.8. The number of carbonyl (C=O) groups is 1. The minimum Gasteiger partial charge on any atom is -0.356 e. The lowest BCUT2D eigenvalue weighted by Crippen LogP contribution is -2.20. The number of rotatable bonds is 5. The average molecular weight is 486 g/mol. The number of benzene rings is 3. The summed E-state index contributed by atoms with van der Waals surface area (Å²) in [6, 6.07) is 21.6. The van der Waals surface area contributed by atoms with Gasteiger partial charge in [-0.25, -0.2) is 8.42 Å². The summed E-state index contributed by atoms with van der Waals surface area (Å²) in [5.41, 5.74) is 4.20. The molecule has 0 aromatic heterocycles. The van der Waals surface area contributed by atoms with Crippen molar-refractivity contribution in [2.45, 2.75) is 11.3 Å². The molecule has 3 aromatic rings. The third kappa shape index (κ3) is 4.75. The molecule has 0 aliphatic carbocycles. The largest absolute Gasteiger partial charge is 0.356 e. The Hall–Kier alpha value is -2.60. The number of hydrogen-bond acceptors (Lipinski definition) is 3. The summed E-state index contributed by atoms with van der Waals surface area (Å²) >= 11 is 12.4. The van der Waals surface area contributed by atoms with Crippen molar-refractivity contribution in [3.05, 3.63) is 99.5 Å². The lowest BCUT2D eigenvalue weighted by Gasteiger charge is -2.21. The van der Waals surface area contributed by atoms with Crippen LogP contribution in [-0.4, -0.2) is 27.1 Å². The van der Waals surface area contributed by atoms with E-state index in [1.807, 2.05) is 30.3 Å². The van der Waals surface area contributed by atoms with E-state index in [2.05, 4.69) is 5.32 Å². The van der Waals surface area contributed by atoms with Gasteiger partial charge in [-0.1, -0.05) is 59.6 Å². The molecule has 3 aromatic carbocycles. The molecule has 1 saturated heterocycles. The van der Waals surface area contributed by atoms with Gasteiger partial charge in [0, 0.05) is 22.8 Å². The topological polar surface area (TPSA) is 63.2 Å². The van der Waals surface area contributed by atoms with Gasteiger partial charge in [0.1, 0.15) is 0 Å². The van der Waals surface area contributed by atoms with Gasteiger partial charge in [-0.15, -0.1) is 0 Å². The Morgan fingerprint density at radius 2 is 1.50 bits per heavy atom. The van der Waals surface area contributed by atoms with E-state index in [9.17, 15) is 13.2 Å². The zero-order chi connectivity index (χ0) is 22.9. The van der Waals surface area contributed by atoms with Crippen LogP contribution < -0.4 is 5.32 Å². The van der Waals surface area contributed by atoms with Crippen LogP contribution in [0.15, 0.2) is 77.7 Å². The summed E-state index contributed by atoms with van der Waals surface area (Å²) in [5.74, 6) is -0.409. The van der Waals surface area contributed by atoms with Crippen molar-refractivity contribution in [1.82, 2.24) is 5.32 Å². The monoisotopic (exact) mass is 485 g/mol. The minimum atomic E-state index is -3.33. The Bertz CT molecular complexity index is 1300. The van der Waals surface area contributed by atoms with Gasteiger partial charge in [0.15, 0.2) is 9.84 Å². The van der Waals surface area contributed by atoms with Crippen molar-refractivity contribution >= 4 is 50.1 Å². The van der Waals surface area contributed by atoms with E-state index in [1.165, 1.54) is 6.26 Å². The molecule has 0 radical (unpaired) electrons. The first-order chi connectivity index (χ1) is 15.2. The van der Waals surface area contributed by atoms with Crippen molar-refractivity contribution in [1.29, 1.82) is 0 Å². The molecule has 7 heteroatoms. The van der Waals surface area contributed by atoms with Crippen LogP contribution in [0.5, 0.6) is 0 Å². The maximum Gasteiger partial charge on any atom is 0.227 e. The van der Waals surface area contributed by atoms with Crippen LogP contribution in [0.4, 0.5) is 0 Å². The lowest BCUT2D eigenvalue weighted by atomic mass is 9.82. The molecule has 0 spiro atoms. The number of hydrogen-bond donors (Lipinski definition) is 1. The zero-order valence-corrected chi connectivity index (χ0v) is 19.6. The van der Waals surface area contributed by atoms with Crippen molar-refractivity contribution in [2.75, 3.05) is 12.8 Å². The smallest absolute Gasteiger partial charge is 0.227 e. The van der Waals surface area contributed by atoms with Gasteiger partial charge < -0.3 is 5.32 Å². The molecule has 0 saturated carbocycles. The first-order valence-corrected chi connectivity index (χ1v) is 12.7. The molecule has 1 amide bonds. The molecule has 1 N–H and O–H groups in total. The molecular weight excluding hydrogens is 465 g/mol. The van der Waals surface area contributed by atoms with E-state index in [4.69, 9.17) is 23.2 Å². The number of sulfone groups is 1. The number of nitrogens with one attached hydrogen (secondary N) is 1. The Labute approximate surface area is 197 Å². The predicted octanol–water partition coefficient (Wildman–Crippen LogP) is 5.49. The fourth-order valence-electron chi connectivity index (χ4n) is 4.01. The second kappa shape index (κ2) is 9.10. The van der Waals surface area contributed by atoms with Gasteiger partial charge >= 0.3 is 0 Å². The summed E-state index contributed by atoms with van der Waals surface area (Å²) in [7, 11) is -3.33. The second-order valence-corrected chi connectivity index (χ2v) is 10.6. The first kappa shape index (κ1) is 22.6. The van der Waals surface area contributed by atoms with E-state index in [0.29, 0.717) is 23.0 Å². The van der Waals surface area contributed by atoms with Crippen molar-refractivity contribution < 1.29 is 13.2 Å². The Morgan fingerprint density at radius 3 is 2.03 bits per heavy atom. The van der Waals surface area contributed by atoms with Crippen molar-refractivity contribution in [3.8, 4) is 0 Å². The van der Waals surface area contributed by atoms with Gasteiger partial charge in [0.25, 0.3) is 0 Å². The summed E-state index contributed by atoms with van der Waals surface area (Å²) in [5, 5.41) is 4.09. The summed E-state index contributed by atoms with van der Waals surface area (Å²) in [6.07, 6.45) is 1.83. The van der Waals surface area contributed by atoms with Gasteiger partial charge in [0.2, 0.25) is 5.91 Å². The normalized spacial score (nSPS) is 17.1. The van der Waals surface area contributed by atoms with Gasteiger partial charge in [-0.3, -0.25) is 4.79 Å². The Kier molecular flexibility index (Phi) is 6.42. The van der Waals surface area contributed by atoms with Crippen LogP contribution >= 0.6 is 23.2 Å². The first-order valence-electron chi connectivity index (χ1n) is 10.1. The van der Waals surface area contributed by atoms with Crippen LogP contribution in [0.25, 0.3) is 11.1 Å². The molecule has 4 nitrogen and oxygen atoms in total. The SMILES string of the molecule is CS(=O)(=O)c1ccc(/C(=C(\c2cccc(Cl)c2)C2CCNC2=O)c2ccc(Cl)cc2)cc1. The maximum absolute atomic E-state index is 12.8. The number of amides is 1. The zero-order valence-electron chi connectivity index (χ0n) is 17.3. The highest BCUT2D eigenvalue weighted by atomic mass is 35.5. The molecule has 1 atom stereocenters. The predicted molar refractivity (Wildman–Crippen MR) is 129 cm³/mol. The van der Waals surface area contributed by atoms with Gasteiger partial charge in [0.05, 0.1) is 10.8 Å². The standard InChI is InChI=1S/C25H21Cl2NO3S/c1-32(30,31)21-11-7-17(8-12-21)23(16-5-9-19(26)10-6-16)24(22-13-14-28-25(22)29)18-3-2-4-20(27)15-18/h2-12,15,22H,13-14H2,1H3,(H,28,29)/b24-23+. The number of carbonyl (C=O) groups excluding carboxylic acids is 1. The summed E-state index contributed by atoms with van der Waals surface area (Å²) in [6.45, 7) is 0.592. The van der Waals surface area contributed by atoms with E-state index >= 15 is 0 Å². The lowest BCUT2D eigenvalue weighted by molar-refractivity contribution is -0.120. The van der Waals surface area contributed by atoms with Crippen LogP contribution in [0.3, 0.4) is 0 Å². The highest BCUT2D eigenvalue weighted by Gasteiger charge is 2.31. The Morgan fingerprint density at radius 1 is 0.875 bits per heavy atom. The highest BCUT2D eigenvalue weighted by molar-refractivity contribution is 7.90. The Balaban J connectivity index is 2.04. The van der Waals surface area contributed by atoms with Crippen LogP contribution in [0.2, 0.25) is 10.0 Å². The molecule has 1 aliphatic heterocycles. The molecule has 1 fully saturated rings. The fraction of sp³-hybridized carbons (Fsp3) is 0.160. The minimum absolute atomic E-state index is 0.0424. The summed E-state index contributed by atoms with van der Waals surface area (Å²) in [4.78, 5) is 13.0. The van der Waals surface area contributed by atoms with Crippen LogP contribution in [0.1, 0.15) is 23.1 Å². The van der Waals surface area contributed by atoms with Crippen LogP contribution in [-0.2, 0) is 14.6 Å². The van der Waals surface area contributed by atoms with Crippen LogP contribution in [0, 0.1) is 5.92 Å². The van der Waals surface area contributed by atoms with Gasteiger partial charge in [-0.05, 0) is 70.7 Å². The third-order valence-electron chi connectivity index (χ3n) is 5.51. The molecule has 0 bridgehead atoms. The molecule has 1 heterocycles. The molecule has 4 rings (SSSR count). The molecule has 1 aliphatic rings. The molecule has 32 heavy (non-hydrogen) atoms.